The molecule has 0 bridgehead atoms. The number of allylic oxidation sites excluding steroid dienone is 4. The first kappa shape index (κ1) is 29.4. The van der Waals surface area contributed by atoms with Crippen LogP contribution in [0.25, 0.3) is 11.1 Å². The number of halogens is 2. The van der Waals surface area contributed by atoms with Crippen molar-refractivity contribution in [1.29, 1.82) is 0 Å². The molecule has 0 amide bonds. The monoisotopic (exact) mass is 516 g/mol. The Morgan fingerprint density at radius 1 is 0.867 bits per heavy atom. The number of rotatable bonds is 0. The van der Waals surface area contributed by atoms with Gasteiger partial charge < -0.3 is 24.8 Å². The Balaban J connectivity index is 0.000000569. The Morgan fingerprint density at radius 2 is 1.43 bits per heavy atom. The molecule has 2 aromatic rings. The molecule has 1 unspecified atom stereocenters. The van der Waals surface area contributed by atoms with E-state index < -0.39 is 0 Å². The molecule has 0 aliphatic heterocycles. The molecule has 2 aromatic carbocycles. The summed E-state index contributed by atoms with van der Waals surface area (Å²) in [6, 6.07) is 10.5. The van der Waals surface area contributed by atoms with Crippen LogP contribution in [0.2, 0.25) is 0 Å². The summed E-state index contributed by atoms with van der Waals surface area (Å²) >= 11 is 0. The van der Waals surface area contributed by atoms with E-state index in [9.17, 15) is 0 Å². The normalized spacial score (nSPS) is 15.5. The van der Waals surface area contributed by atoms with E-state index in [0.717, 1.165) is 6.42 Å². The van der Waals surface area contributed by atoms with Gasteiger partial charge in [-0.05, 0) is 37.0 Å². The quantitative estimate of drug-likeness (QED) is 0.394. The van der Waals surface area contributed by atoms with Gasteiger partial charge in [0.2, 0.25) is 0 Å². The maximum Gasteiger partial charge on any atom is 4.00 e. The van der Waals surface area contributed by atoms with Crippen molar-refractivity contribution in [3.05, 3.63) is 81.4 Å². The minimum absolute atomic E-state index is 0. The van der Waals surface area contributed by atoms with Crippen LogP contribution < -0.4 is 24.8 Å². The Morgan fingerprint density at radius 3 is 1.93 bits per heavy atom. The van der Waals surface area contributed by atoms with E-state index in [1.54, 1.807) is 0 Å². The zero-order valence-electron chi connectivity index (χ0n) is 19.4. The van der Waals surface area contributed by atoms with E-state index in [0.29, 0.717) is 11.3 Å². The molecule has 1 atom stereocenters. The molecule has 0 N–H and O–H groups in total. The van der Waals surface area contributed by atoms with Gasteiger partial charge in [-0.25, -0.2) is 6.08 Å². The number of aryl methyl sites for hydroxylation is 4. The first-order valence-corrected chi connectivity index (χ1v) is 10.0. The van der Waals surface area contributed by atoms with E-state index >= 15 is 0 Å². The maximum absolute atomic E-state index is 3.54. The van der Waals surface area contributed by atoms with Crippen molar-refractivity contribution in [2.75, 3.05) is 0 Å². The number of fused-ring (bicyclic) bond motifs is 3. The van der Waals surface area contributed by atoms with Gasteiger partial charge in [0.15, 0.2) is 0 Å². The third kappa shape index (κ3) is 6.44. The van der Waals surface area contributed by atoms with Crippen LogP contribution in [0.4, 0.5) is 0 Å². The Kier molecular flexibility index (Phi) is 11.1. The predicted octanol–water partition coefficient (Wildman–Crippen LogP) is 1.27. The van der Waals surface area contributed by atoms with E-state index in [2.05, 4.69) is 97.9 Å². The van der Waals surface area contributed by atoms with E-state index in [1.165, 1.54) is 50.1 Å². The Bertz CT molecular complexity index is 891. The predicted molar refractivity (Wildman–Crippen MR) is 117 cm³/mol. The van der Waals surface area contributed by atoms with Gasteiger partial charge in [0.1, 0.15) is 0 Å². The van der Waals surface area contributed by atoms with Crippen LogP contribution >= 0.6 is 0 Å². The molecular formula is C27H32Cl2Zr. The van der Waals surface area contributed by atoms with Crippen LogP contribution in [-0.2, 0) is 32.6 Å². The minimum Gasteiger partial charge on any atom is -1.00 e. The van der Waals surface area contributed by atoms with Crippen molar-refractivity contribution >= 4 is 0 Å². The molecule has 2 aliphatic carbocycles. The minimum atomic E-state index is 0. The fraction of sp³-hybridized carbons (Fsp3) is 0.407. The molecule has 0 aromatic heterocycles. The second-order valence-electron chi connectivity index (χ2n) is 9.21. The summed E-state index contributed by atoms with van der Waals surface area (Å²) in [5.74, 6) is 0.522. The Hall–Kier alpha value is -0.617. The van der Waals surface area contributed by atoms with Crippen LogP contribution in [-0.4, -0.2) is 0 Å². The van der Waals surface area contributed by atoms with E-state index in [-0.39, 0.29) is 51.0 Å². The van der Waals surface area contributed by atoms with Crippen molar-refractivity contribution in [2.45, 2.75) is 61.8 Å². The second kappa shape index (κ2) is 11.3. The molecule has 0 saturated heterocycles. The Labute approximate surface area is 215 Å². The number of hydrogen-bond acceptors (Lipinski definition) is 0. The standard InChI is InChI=1S/C17H17.C10H15.2ClH.Zr/c1-10-5-14-9-15-6-11(2)13(4)8-17(15)16(14)7-12(10)3;1-8-5-6-9(7-8)10(2,3)4;;;/h5,7-8H,9H2,1-4H3;6-8H,1-4H3;2*1H;/q2*-1;;;+4/p-2. The van der Waals surface area contributed by atoms with Gasteiger partial charge in [-0.15, -0.1) is 11.1 Å². The molecule has 0 saturated carbocycles. The van der Waals surface area contributed by atoms with Gasteiger partial charge in [-0.1, -0.05) is 70.6 Å². The fourth-order valence-electron chi connectivity index (χ4n) is 3.70. The van der Waals surface area contributed by atoms with Gasteiger partial charge in [0.25, 0.3) is 0 Å². The van der Waals surface area contributed by atoms with Gasteiger partial charge in [0.05, 0.1) is 0 Å². The maximum atomic E-state index is 3.54. The third-order valence-electron chi connectivity index (χ3n) is 5.79. The zero-order valence-corrected chi connectivity index (χ0v) is 23.4. The van der Waals surface area contributed by atoms with Crippen molar-refractivity contribution in [2.24, 2.45) is 11.3 Å². The van der Waals surface area contributed by atoms with Crippen molar-refractivity contribution in [3.63, 3.8) is 0 Å². The third-order valence-corrected chi connectivity index (χ3v) is 5.79. The summed E-state index contributed by atoms with van der Waals surface area (Å²) in [5.41, 5.74) is 12.8. The van der Waals surface area contributed by atoms with Gasteiger partial charge >= 0.3 is 26.2 Å². The summed E-state index contributed by atoms with van der Waals surface area (Å²) in [6.07, 6.45) is 8.70. The average Bonchev–Trinajstić information content (AvgIpc) is 3.13. The van der Waals surface area contributed by atoms with Gasteiger partial charge in [-0.3, -0.25) is 6.08 Å². The molecule has 2 aliphatic rings. The fourth-order valence-corrected chi connectivity index (χ4v) is 3.70. The van der Waals surface area contributed by atoms with E-state index in [4.69, 9.17) is 0 Å². The summed E-state index contributed by atoms with van der Waals surface area (Å²) in [4.78, 5) is 0. The first-order chi connectivity index (χ1) is 12.6. The topological polar surface area (TPSA) is 0 Å². The first-order valence-electron chi connectivity index (χ1n) is 10.0. The molecular weight excluding hydrogens is 486 g/mol. The van der Waals surface area contributed by atoms with Crippen molar-refractivity contribution in [1.82, 2.24) is 0 Å². The largest absolute Gasteiger partial charge is 4.00 e. The summed E-state index contributed by atoms with van der Waals surface area (Å²) in [5, 5.41) is 0. The molecule has 4 rings (SSSR count). The average molecular weight is 519 g/mol. The summed E-state index contributed by atoms with van der Waals surface area (Å²) in [7, 11) is 0. The van der Waals surface area contributed by atoms with Crippen molar-refractivity contribution in [3.8, 4) is 11.1 Å². The molecule has 0 spiro atoms. The summed E-state index contributed by atoms with van der Waals surface area (Å²) in [6.45, 7) is 17.6. The van der Waals surface area contributed by atoms with Crippen LogP contribution in [0.15, 0.2) is 35.9 Å². The molecule has 0 radical (unpaired) electrons. The van der Waals surface area contributed by atoms with E-state index in [1.807, 2.05) is 0 Å². The van der Waals surface area contributed by atoms with Crippen LogP contribution in [0.5, 0.6) is 0 Å². The van der Waals surface area contributed by atoms with Crippen LogP contribution in [0, 0.1) is 51.2 Å². The SMILES string of the molecule is CC1[C-]=CC(C(C)(C)C)=C1.Cc1[c-]c2c(cc1C)-c1cc(C)c(C)cc1C2.[Cl-].[Cl-].[Zr+4]. The van der Waals surface area contributed by atoms with Crippen LogP contribution in [0.1, 0.15) is 61.1 Å². The van der Waals surface area contributed by atoms with Crippen LogP contribution in [0.3, 0.4) is 0 Å². The second-order valence-corrected chi connectivity index (χ2v) is 9.21. The molecule has 3 heteroatoms. The number of benzene rings is 2. The molecule has 0 nitrogen and oxygen atoms in total. The molecule has 0 fully saturated rings. The van der Waals surface area contributed by atoms with Gasteiger partial charge in [0, 0.05) is 0 Å². The zero-order chi connectivity index (χ0) is 19.9. The van der Waals surface area contributed by atoms with Crippen molar-refractivity contribution < 1.29 is 51.0 Å². The smallest absolute Gasteiger partial charge is 1.00 e. The van der Waals surface area contributed by atoms with Gasteiger partial charge in [-0.2, -0.15) is 34.9 Å². The molecule has 30 heavy (non-hydrogen) atoms. The number of hydrogen-bond donors (Lipinski definition) is 0. The molecule has 0 heterocycles. The molecule has 158 valence electrons. The summed E-state index contributed by atoms with van der Waals surface area (Å²) < 4.78 is 0.